The van der Waals surface area contributed by atoms with Crippen LogP contribution in [0.25, 0.3) is 0 Å². The molecule has 4 heterocycles. The molecule has 0 fully saturated rings. The van der Waals surface area contributed by atoms with Crippen molar-refractivity contribution in [2.45, 2.75) is 311 Å². The van der Waals surface area contributed by atoms with Crippen molar-refractivity contribution in [2.24, 2.45) is 0 Å². The second-order valence-electron chi connectivity index (χ2n) is 39.2. The molecule has 0 amide bonds. The summed E-state index contributed by atoms with van der Waals surface area (Å²) < 4.78 is 15.4. The lowest BCUT2D eigenvalue weighted by molar-refractivity contribution is 0.407. The van der Waals surface area contributed by atoms with Gasteiger partial charge in [-0.05, 0) is 304 Å². The third-order valence-electron chi connectivity index (χ3n) is 22.6. The predicted molar refractivity (Wildman–Crippen MR) is 617 cm³/mol. The molecule has 0 spiro atoms. The quantitative estimate of drug-likeness (QED) is 0.0899. The molecule has 0 aliphatic heterocycles. The number of benzene rings is 10. The Balaban J connectivity index is 0.000000754. The zero-order chi connectivity index (χ0) is 105. The van der Waals surface area contributed by atoms with Crippen LogP contribution in [0, 0.1) is 34.6 Å². The van der Waals surface area contributed by atoms with Crippen LogP contribution < -0.4 is 14.2 Å². The molecule has 0 saturated heterocycles. The lowest BCUT2D eigenvalue weighted by Crippen LogP contribution is -1.92. The minimum atomic E-state index is 0.522. The maximum Gasteiger partial charge on any atom is 0.122 e. The van der Waals surface area contributed by atoms with E-state index in [2.05, 4.69) is 417 Å². The number of rotatable bonds is 17. The number of methoxy groups -OCH3 is 3. The molecule has 0 bridgehead atoms. The Kier molecular flexibility index (Phi) is 66.4. The predicted octanol–water partition coefficient (Wildman–Crippen LogP) is 40.4. The molecular weight excluding hydrogens is 1770 g/mol. The van der Waals surface area contributed by atoms with E-state index in [1.807, 2.05) is 159 Å². The van der Waals surface area contributed by atoms with Crippen LogP contribution in [0.5, 0.6) is 17.2 Å². The van der Waals surface area contributed by atoms with Gasteiger partial charge in [0.2, 0.25) is 0 Å². The van der Waals surface area contributed by atoms with E-state index in [-0.39, 0.29) is 0 Å². The molecule has 0 radical (unpaired) electrons. The van der Waals surface area contributed by atoms with E-state index in [1.165, 1.54) is 100 Å². The summed E-state index contributed by atoms with van der Waals surface area (Å²) in [5.74, 6) is 11.3. The zero-order valence-electron chi connectivity index (χ0n) is 92.5. The van der Waals surface area contributed by atoms with Crippen LogP contribution >= 0.6 is 34.8 Å². The third kappa shape index (κ3) is 56.5. The SMILES string of the molecule is CC(C)c1ccc(Cl)cc1.CC(C)c1cccc(Cl)c1.CC(C)c1ccccc1.CC(C)c1ccccc1Cl.CC(C)c1cccnc1.CC(C)c1ccncc1.COc1ccc(C(C)C)cc1.COc1cccc(C(C)C)c1.COc1ccccc1C(C)C.Cc1cc(C(C)C)ccn1.Cc1ccc(C(C)C)cc1.Cc1cccc(C(C)C)c1.Cc1ccccc1C(C)C.Cc1cnccc1C(C)C. The number of hydrogen-bond donors (Lipinski definition) is 0. The molecule has 0 unspecified atom stereocenters. The first-order chi connectivity index (χ1) is 66.3. The van der Waals surface area contributed by atoms with E-state index in [9.17, 15) is 0 Å². The second-order valence-corrected chi connectivity index (χ2v) is 40.5. The molecule has 0 N–H and O–H groups in total. The Morgan fingerprint density at radius 1 is 0.207 bits per heavy atom. The fourth-order valence-corrected chi connectivity index (χ4v) is 14.0. The zero-order valence-corrected chi connectivity index (χ0v) is 94.8. The maximum atomic E-state index is 5.92. The summed E-state index contributed by atoms with van der Waals surface area (Å²) in [5, 5.41) is 2.51. The number of para-hydroxylation sites is 1. The fourth-order valence-electron chi connectivity index (χ4n) is 13.4. The van der Waals surface area contributed by atoms with Gasteiger partial charge in [-0.2, -0.15) is 0 Å². The highest BCUT2D eigenvalue weighted by molar-refractivity contribution is 6.31. The molecule has 0 saturated carbocycles. The Hall–Kier alpha value is -10.9. The van der Waals surface area contributed by atoms with Gasteiger partial charge in [-0.3, -0.25) is 19.9 Å². The lowest BCUT2D eigenvalue weighted by atomic mass is 9.99. The first kappa shape index (κ1) is 127. The van der Waals surface area contributed by atoms with Crippen LogP contribution in [0.3, 0.4) is 0 Å². The molecule has 4 aromatic heterocycles. The number of ether oxygens (including phenoxy) is 3. The molecule has 10 heteroatoms. The van der Waals surface area contributed by atoms with Crippen LogP contribution in [0.1, 0.15) is 383 Å². The number of halogens is 3. The Bertz CT molecular complexity index is 5060. The van der Waals surface area contributed by atoms with E-state index in [4.69, 9.17) is 49.0 Å². The monoisotopic (exact) mass is 1950 g/mol. The van der Waals surface area contributed by atoms with Gasteiger partial charge in [0.05, 0.1) is 21.3 Å². The summed E-state index contributed by atoms with van der Waals surface area (Å²) in [4.78, 5) is 16.1. The summed E-state index contributed by atoms with van der Waals surface area (Å²) in [6.07, 6.45) is 13.0. The van der Waals surface area contributed by atoms with Gasteiger partial charge in [-0.25, -0.2) is 0 Å². The highest BCUT2D eigenvalue weighted by Gasteiger charge is 2.09. The minimum Gasteiger partial charge on any atom is -0.497 e. The van der Waals surface area contributed by atoms with Crippen molar-refractivity contribution in [1.29, 1.82) is 0 Å². The van der Waals surface area contributed by atoms with E-state index < -0.39 is 0 Å². The van der Waals surface area contributed by atoms with E-state index >= 15 is 0 Å². The third-order valence-corrected chi connectivity index (χ3v) is 23.4. The largest absolute Gasteiger partial charge is 0.497 e. The number of nitrogens with zero attached hydrogens (tertiary/aromatic N) is 4. The summed E-state index contributed by atoms with van der Waals surface area (Å²) >= 11 is 17.4. The molecule has 14 rings (SSSR count). The van der Waals surface area contributed by atoms with E-state index in [0.29, 0.717) is 82.9 Å². The van der Waals surface area contributed by atoms with Crippen LogP contribution in [0.15, 0.2) is 335 Å². The highest BCUT2D eigenvalue weighted by atomic mass is 35.5. The molecule has 10 aromatic carbocycles. The minimum absolute atomic E-state index is 0.522. The van der Waals surface area contributed by atoms with Crippen molar-refractivity contribution < 1.29 is 14.2 Å². The van der Waals surface area contributed by atoms with Crippen LogP contribution in [0.2, 0.25) is 15.1 Å². The van der Waals surface area contributed by atoms with Crippen molar-refractivity contribution in [3.05, 3.63) is 455 Å². The Morgan fingerprint density at radius 2 is 0.571 bits per heavy atom. The van der Waals surface area contributed by atoms with Gasteiger partial charge >= 0.3 is 0 Å². The summed E-state index contributed by atoms with van der Waals surface area (Å²) in [6.45, 7) is 71.7. The number of hydrogen-bond acceptors (Lipinski definition) is 7. The van der Waals surface area contributed by atoms with Gasteiger partial charge < -0.3 is 14.2 Å². The topological polar surface area (TPSA) is 79.3 Å². The summed E-state index contributed by atoms with van der Waals surface area (Å²) in [6, 6.07) is 99.3. The lowest BCUT2D eigenvalue weighted by Gasteiger charge is -2.10. The molecule has 0 atom stereocenters. The summed E-state index contributed by atoms with van der Waals surface area (Å²) in [7, 11) is 5.09. The van der Waals surface area contributed by atoms with Gasteiger partial charge in [0.15, 0.2) is 0 Å². The van der Waals surface area contributed by atoms with Gasteiger partial charge in [0.1, 0.15) is 17.2 Å². The molecule has 756 valence electrons. The standard InChI is InChI=1S/3C10H14O.3C10H14.3C9H11Cl.2C9H13N.C9H12.2C8H11N/c1-8(2)9-4-6-10(11-3)7-5-9;1-8(2)9-5-4-6-10(7-9)11-3;1-8(2)9-6-4-5-7-10(9)11-3;1-8(2)10-6-4-9(3)5-7-10;1-8(2)10-6-4-5-9(3)7-10;1-8(2)10-7-5-4-6-9(10)3;1-7(2)8-3-5-9(10)6-4-8;1-7(2)8-4-3-5-9(10)6-8;1-7(2)8-5-3-4-6-9(8)10;1-7(2)9-4-5-10-6-8(9)3;1-7(2)9-4-5-10-8(3)6-9;1-8(2)9-6-4-3-5-7-9;1-7(2)8-3-5-9-6-4-8;1-7(2)8-4-3-5-9-6-8/h3*4-8H,1-3H3;3*4-8H,1-3H3;3*3-7H,1-2H3;2*4-7H,1-3H3;3-8H,1-2H3;2*3-7H,1-2H3. The van der Waals surface area contributed by atoms with Gasteiger partial charge in [0.25, 0.3) is 0 Å². The van der Waals surface area contributed by atoms with Gasteiger partial charge in [-0.15, -0.1) is 0 Å². The van der Waals surface area contributed by atoms with E-state index in [1.54, 1.807) is 27.5 Å². The Labute approximate surface area is 868 Å². The molecule has 0 aliphatic carbocycles. The van der Waals surface area contributed by atoms with Crippen molar-refractivity contribution in [2.75, 3.05) is 21.3 Å². The molecule has 7 nitrogen and oxygen atoms in total. The second kappa shape index (κ2) is 73.2. The van der Waals surface area contributed by atoms with Crippen molar-refractivity contribution in [3.63, 3.8) is 0 Å². The van der Waals surface area contributed by atoms with Crippen molar-refractivity contribution in [1.82, 2.24) is 19.9 Å². The van der Waals surface area contributed by atoms with Crippen molar-refractivity contribution in [3.8, 4) is 17.2 Å². The maximum absolute atomic E-state index is 5.92. The van der Waals surface area contributed by atoms with Gasteiger partial charge in [0, 0.05) is 64.1 Å². The fraction of sp³-hybridized carbons (Fsp3) is 0.385. The van der Waals surface area contributed by atoms with Crippen LogP contribution in [0.4, 0.5) is 0 Å². The normalized spacial score (nSPS) is 10.3. The highest BCUT2D eigenvalue weighted by Crippen LogP contribution is 2.29. The summed E-state index contributed by atoms with van der Waals surface area (Å²) in [5.41, 5.74) is 25.4. The van der Waals surface area contributed by atoms with E-state index in [0.717, 1.165) is 38.0 Å². The van der Waals surface area contributed by atoms with Crippen molar-refractivity contribution >= 4 is 34.8 Å². The average Bonchev–Trinajstić information content (AvgIpc) is 0.876. The average molecular weight is 1950 g/mol. The molecular formula is C130H177Cl3N4O3. The van der Waals surface area contributed by atoms with Gasteiger partial charge in [-0.1, -0.05) is 434 Å². The smallest absolute Gasteiger partial charge is 0.122 e. The number of aryl methyl sites for hydroxylation is 5. The molecule has 14 aromatic rings. The van der Waals surface area contributed by atoms with Crippen LogP contribution in [-0.2, 0) is 0 Å². The molecule has 140 heavy (non-hydrogen) atoms. The Morgan fingerprint density at radius 3 is 0.929 bits per heavy atom. The van der Waals surface area contributed by atoms with Crippen LogP contribution in [-0.4, -0.2) is 41.3 Å². The number of aromatic nitrogens is 4. The first-order valence-electron chi connectivity index (χ1n) is 50.3. The number of pyridine rings is 4. The molecule has 0 aliphatic rings. The first-order valence-corrected chi connectivity index (χ1v) is 51.4.